The Morgan fingerprint density at radius 2 is 1.93 bits per heavy atom. The number of anilines is 1. The molecule has 5 nitrogen and oxygen atoms in total. The van der Waals surface area contributed by atoms with Gasteiger partial charge in [-0.2, -0.15) is 0 Å². The number of aromatic nitrogens is 1. The van der Waals surface area contributed by atoms with Crippen molar-refractivity contribution in [2.24, 2.45) is 23.7 Å². The van der Waals surface area contributed by atoms with E-state index >= 15 is 0 Å². The fraction of sp³-hybridized carbons (Fsp3) is 0.583. The summed E-state index contributed by atoms with van der Waals surface area (Å²) in [6.45, 7) is 2.30. The van der Waals surface area contributed by atoms with Crippen LogP contribution in [0.15, 0.2) is 35.3 Å². The summed E-state index contributed by atoms with van der Waals surface area (Å²) in [5.41, 5.74) is 0.782. The minimum absolute atomic E-state index is 0.0261. The highest BCUT2D eigenvalue weighted by Crippen LogP contribution is 2.49. The van der Waals surface area contributed by atoms with Gasteiger partial charge in [-0.3, -0.25) is 9.59 Å². The predicted molar refractivity (Wildman–Crippen MR) is 114 cm³/mol. The lowest BCUT2D eigenvalue weighted by atomic mass is 9.86. The van der Waals surface area contributed by atoms with Crippen LogP contribution in [-0.4, -0.2) is 23.7 Å². The molecule has 0 spiro atoms. The smallest absolute Gasteiger partial charge is 0.258 e. The van der Waals surface area contributed by atoms with Crippen molar-refractivity contribution < 1.29 is 9.53 Å². The number of nitrogens with zero attached hydrogens (tertiary/aromatic N) is 1. The van der Waals surface area contributed by atoms with Crippen molar-refractivity contribution in [3.05, 3.63) is 40.8 Å². The van der Waals surface area contributed by atoms with Crippen LogP contribution in [0.25, 0.3) is 10.8 Å². The molecule has 0 radical (unpaired) electrons. The topological polar surface area (TPSA) is 60.3 Å². The van der Waals surface area contributed by atoms with E-state index in [1.165, 1.54) is 25.7 Å². The molecule has 2 bridgehead atoms. The molecule has 3 aliphatic rings. The molecule has 1 unspecified atom stereocenters. The molecule has 1 saturated heterocycles. The van der Waals surface area contributed by atoms with Gasteiger partial charge in [0, 0.05) is 48.8 Å². The highest BCUT2D eigenvalue weighted by atomic mass is 16.5. The Morgan fingerprint density at radius 3 is 2.69 bits per heavy atom. The molecule has 1 amide bonds. The maximum Gasteiger partial charge on any atom is 0.258 e. The molecule has 29 heavy (non-hydrogen) atoms. The van der Waals surface area contributed by atoms with Crippen LogP contribution in [0.5, 0.6) is 0 Å². The number of nitrogens with one attached hydrogen (secondary N) is 1. The summed E-state index contributed by atoms with van der Waals surface area (Å²) >= 11 is 0. The number of hydrogen-bond donors (Lipinski definition) is 1. The average Bonchev–Trinajstić information content (AvgIpc) is 3.34. The Balaban J connectivity index is 1.32. The molecule has 5 rings (SSSR count). The van der Waals surface area contributed by atoms with Crippen LogP contribution in [0.2, 0.25) is 0 Å². The molecular formula is C24H30N2O3. The van der Waals surface area contributed by atoms with E-state index in [0.717, 1.165) is 55.5 Å². The molecule has 1 aromatic carbocycles. The van der Waals surface area contributed by atoms with Crippen LogP contribution < -0.4 is 10.9 Å². The number of hydrogen-bond acceptors (Lipinski definition) is 3. The molecule has 154 valence electrons. The summed E-state index contributed by atoms with van der Waals surface area (Å²) < 4.78 is 7.25. The van der Waals surface area contributed by atoms with E-state index < -0.39 is 0 Å². The zero-order chi connectivity index (χ0) is 19.8. The van der Waals surface area contributed by atoms with E-state index in [1.54, 1.807) is 0 Å². The standard InChI is InChI=1S/C24H30N2O3/c27-23(14-19-13-17-4-5-18(19)12-17)25-22-3-1-2-21-20(22)6-9-26(24(21)28)15-16-7-10-29-11-8-16/h1-3,6,9,16-19H,4-5,7-8,10-15H2,(H,25,27)/t17-,18+,19?/m0/s1. The van der Waals surface area contributed by atoms with Crippen LogP contribution in [0, 0.1) is 23.7 Å². The van der Waals surface area contributed by atoms with Gasteiger partial charge in [0.2, 0.25) is 5.91 Å². The van der Waals surface area contributed by atoms with Crippen molar-refractivity contribution >= 4 is 22.4 Å². The number of rotatable bonds is 5. The van der Waals surface area contributed by atoms with Crippen LogP contribution in [-0.2, 0) is 16.1 Å². The number of carbonyl (C=O) groups excluding carboxylic acids is 1. The molecule has 2 aliphatic carbocycles. The number of amides is 1. The van der Waals surface area contributed by atoms with Crippen molar-refractivity contribution in [1.82, 2.24) is 4.57 Å². The fourth-order valence-electron chi connectivity index (χ4n) is 5.84. The minimum Gasteiger partial charge on any atom is -0.381 e. The number of carbonyl (C=O) groups is 1. The van der Waals surface area contributed by atoms with Crippen molar-refractivity contribution in [2.45, 2.75) is 51.5 Å². The second kappa shape index (κ2) is 7.94. The third-order valence-electron chi connectivity index (χ3n) is 7.42. The lowest BCUT2D eigenvalue weighted by Crippen LogP contribution is -2.27. The Bertz CT molecular complexity index is 960. The lowest BCUT2D eigenvalue weighted by molar-refractivity contribution is -0.117. The molecule has 2 aromatic rings. The maximum absolute atomic E-state index is 13.0. The monoisotopic (exact) mass is 394 g/mol. The summed E-state index contributed by atoms with van der Waals surface area (Å²) in [6.07, 6.45) is 9.68. The number of ether oxygens (including phenoxy) is 1. The minimum atomic E-state index is 0.0261. The van der Waals surface area contributed by atoms with Gasteiger partial charge >= 0.3 is 0 Å². The first-order valence-electron chi connectivity index (χ1n) is 11.2. The molecule has 1 N–H and O–H groups in total. The highest BCUT2D eigenvalue weighted by molar-refractivity contribution is 6.01. The van der Waals surface area contributed by atoms with Crippen molar-refractivity contribution in [2.75, 3.05) is 18.5 Å². The molecular weight excluding hydrogens is 364 g/mol. The highest BCUT2D eigenvalue weighted by Gasteiger charge is 2.40. The van der Waals surface area contributed by atoms with Crippen LogP contribution in [0.1, 0.15) is 44.9 Å². The SMILES string of the molecule is O=C(CC1C[C@H]2CC[C@@H]1C2)Nc1cccc2c(=O)n(CC3CCOCC3)ccc12. The van der Waals surface area contributed by atoms with E-state index in [9.17, 15) is 9.59 Å². The normalized spacial score (nSPS) is 26.8. The zero-order valence-corrected chi connectivity index (χ0v) is 16.9. The van der Waals surface area contributed by atoms with Crippen LogP contribution >= 0.6 is 0 Å². The summed E-state index contributed by atoms with van der Waals surface area (Å²) in [5, 5.41) is 4.61. The third-order valence-corrected chi connectivity index (χ3v) is 7.42. The summed E-state index contributed by atoms with van der Waals surface area (Å²) in [5.74, 6) is 2.71. The van der Waals surface area contributed by atoms with Gasteiger partial charge in [-0.05, 0) is 74.0 Å². The second-order valence-corrected chi connectivity index (χ2v) is 9.28. The number of fused-ring (bicyclic) bond motifs is 3. The largest absolute Gasteiger partial charge is 0.381 e. The van der Waals surface area contributed by atoms with Gasteiger partial charge in [0.15, 0.2) is 0 Å². The zero-order valence-electron chi connectivity index (χ0n) is 16.9. The Kier molecular flexibility index (Phi) is 5.17. The third kappa shape index (κ3) is 3.85. The average molecular weight is 395 g/mol. The van der Waals surface area contributed by atoms with E-state index in [4.69, 9.17) is 4.74 Å². The first-order valence-corrected chi connectivity index (χ1v) is 11.2. The van der Waals surface area contributed by atoms with Crippen LogP contribution in [0.4, 0.5) is 5.69 Å². The summed E-state index contributed by atoms with van der Waals surface area (Å²) in [6, 6.07) is 7.62. The van der Waals surface area contributed by atoms with E-state index in [2.05, 4.69) is 5.32 Å². The lowest BCUT2D eigenvalue weighted by Gasteiger charge is -2.23. The van der Waals surface area contributed by atoms with E-state index in [0.29, 0.717) is 23.6 Å². The first-order chi connectivity index (χ1) is 14.2. The van der Waals surface area contributed by atoms with Gasteiger partial charge in [-0.25, -0.2) is 0 Å². The van der Waals surface area contributed by atoms with Gasteiger partial charge in [-0.15, -0.1) is 0 Å². The number of benzene rings is 1. The quantitative estimate of drug-likeness (QED) is 0.827. The van der Waals surface area contributed by atoms with Gasteiger partial charge in [0.05, 0.1) is 0 Å². The van der Waals surface area contributed by atoms with Crippen molar-refractivity contribution in [1.29, 1.82) is 0 Å². The molecule has 5 heteroatoms. The number of pyridine rings is 1. The summed E-state index contributed by atoms with van der Waals surface area (Å²) in [4.78, 5) is 25.7. The molecule has 1 aliphatic heterocycles. The summed E-state index contributed by atoms with van der Waals surface area (Å²) in [7, 11) is 0. The maximum atomic E-state index is 13.0. The Labute approximate surface area is 171 Å². The van der Waals surface area contributed by atoms with Gasteiger partial charge in [0.25, 0.3) is 5.56 Å². The van der Waals surface area contributed by atoms with Crippen molar-refractivity contribution in [3.8, 4) is 0 Å². The van der Waals surface area contributed by atoms with E-state index in [-0.39, 0.29) is 11.5 Å². The Hall–Kier alpha value is -2.14. The molecule has 2 saturated carbocycles. The molecule has 3 atom stereocenters. The molecule has 3 fully saturated rings. The molecule has 2 heterocycles. The second-order valence-electron chi connectivity index (χ2n) is 9.28. The van der Waals surface area contributed by atoms with E-state index in [1.807, 2.05) is 35.0 Å². The van der Waals surface area contributed by atoms with Crippen molar-refractivity contribution in [3.63, 3.8) is 0 Å². The van der Waals surface area contributed by atoms with Gasteiger partial charge < -0.3 is 14.6 Å². The Morgan fingerprint density at radius 1 is 1.07 bits per heavy atom. The fourth-order valence-corrected chi connectivity index (χ4v) is 5.84. The van der Waals surface area contributed by atoms with Crippen LogP contribution in [0.3, 0.4) is 0 Å². The van der Waals surface area contributed by atoms with Gasteiger partial charge in [0.1, 0.15) is 0 Å². The molecule has 1 aromatic heterocycles. The predicted octanol–water partition coefficient (Wildman–Crippen LogP) is 4.19. The first kappa shape index (κ1) is 18.9. The van der Waals surface area contributed by atoms with Gasteiger partial charge in [-0.1, -0.05) is 12.5 Å².